The molecule has 1 aliphatic rings. The molecule has 0 bridgehead atoms. The number of nitrogens with two attached hydrogens (primary N) is 2. The number of para-hydroxylation sites is 1. The fourth-order valence-electron chi connectivity index (χ4n) is 2.18. The molecule has 1 saturated carbocycles. The van der Waals surface area contributed by atoms with Gasteiger partial charge in [0.05, 0.1) is 0 Å². The van der Waals surface area contributed by atoms with Crippen molar-refractivity contribution in [2.75, 3.05) is 5.73 Å². The van der Waals surface area contributed by atoms with E-state index < -0.39 is 0 Å². The van der Waals surface area contributed by atoms with Crippen molar-refractivity contribution < 1.29 is 0 Å². The Hall–Kier alpha value is -1.02. The number of nitrogen functional groups attached to an aromatic ring is 1. The summed E-state index contributed by atoms with van der Waals surface area (Å²) in [6.07, 6.45) is 3.42. The molecular formula is C11H16N2. The summed E-state index contributed by atoms with van der Waals surface area (Å²) in [6.45, 7) is 0. The maximum atomic E-state index is 5.90. The third kappa shape index (κ3) is 1.68. The summed E-state index contributed by atoms with van der Waals surface area (Å²) in [4.78, 5) is 0. The van der Waals surface area contributed by atoms with E-state index in [-0.39, 0.29) is 0 Å². The Morgan fingerprint density at radius 2 is 1.92 bits per heavy atom. The van der Waals surface area contributed by atoms with Crippen LogP contribution < -0.4 is 11.5 Å². The van der Waals surface area contributed by atoms with E-state index in [9.17, 15) is 0 Å². The van der Waals surface area contributed by atoms with Crippen molar-refractivity contribution in [2.45, 2.75) is 31.2 Å². The molecule has 70 valence electrons. The highest BCUT2D eigenvalue weighted by atomic mass is 14.7. The van der Waals surface area contributed by atoms with Crippen molar-refractivity contribution in [1.29, 1.82) is 0 Å². The number of benzene rings is 1. The molecular weight excluding hydrogens is 160 g/mol. The van der Waals surface area contributed by atoms with Crippen LogP contribution in [0.1, 0.15) is 30.7 Å². The van der Waals surface area contributed by atoms with Crippen molar-refractivity contribution in [3.05, 3.63) is 29.8 Å². The van der Waals surface area contributed by atoms with Gasteiger partial charge in [-0.3, -0.25) is 0 Å². The van der Waals surface area contributed by atoms with Crippen LogP contribution in [-0.2, 0) is 0 Å². The number of hydrogen-bond acceptors (Lipinski definition) is 2. The summed E-state index contributed by atoms with van der Waals surface area (Å²) < 4.78 is 0. The molecule has 4 N–H and O–H groups in total. The standard InChI is InChI=1S/C11H16N2/c12-9-6-5-8(7-9)10-3-1-2-4-11(10)13/h1-4,8-9H,5-7,12-13H2. The van der Waals surface area contributed by atoms with Crippen molar-refractivity contribution in [2.24, 2.45) is 5.73 Å². The second kappa shape index (κ2) is 3.38. The molecule has 2 heteroatoms. The van der Waals surface area contributed by atoms with Gasteiger partial charge in [0.15, 0.2) is 0 Å². The summed E-state index contributed by atoms with van der Waals surface area (Å²) in [5.41, 5.74) is 14.0. The summed E-state index contributed by atoms with van der Waals surface area (Å²) in [5.74, 6) is 0.594. The molecule has 0 saturated heterocycles. The molecule has 0 radical (unpaired) electrons. The van der Waals surface area contributed by atoms with E-state index in [0.717, 1.165) is 18.5 Å². The Morgan fingerprint density at radius 1 is 1.15 bits per heavy atom. The van der Waals surface area contributed by atoms with Crippen molar-refractivity contribution in [3.8, 4) is 0 Å². The topological polar surface area (TPSA) is 52.0 Å². The lowest BCUT2D eigenvalue weighted by Gasteiger charge is -2.12. The second-order valence-corrected chi connectivity index (χ2v) is 3.90. The average Bonchev–Trinajstić information content (AvgIpc) is 2.53. The smallest absolute Gasteiger partial charge is 0.0349 e. The third-order valence-corrected chi connectivity index (χ3v) is 2.91. The first-order valence-electron chi connectivity index (χ1n) is 4.87. The monoisotopic (exact) mass is 176 g/mol. The SMILES string of the molecule is Nc1ccccc1C1CCC(N)C1. The first kappa shape index (κ1) is 8.57. The maximum absolute atomic E-state index is 5.90. The number of hydrogen-bond donors (Lipinski definition) is 2. The maximum Gasteiger partial charge on any atom is 0.0349 e. The first-order valence-corrected chi connectivity index (χ1v) is 4.87. The molecule has 1 aliphatic carbocycles. The van der Waals surface area contributed by atoms with E-state index in [0.29, 0.717) is 12.0 Å². The molecule has 1 aromatic carbocycles. The summed E-state index contributed by atoms with van der Waals surface area (Å²) in [6, 6.07) is 8.50. The number of anilines is 1. The first-order chi connectivity index (χ1) is 6.27. The van der Waals surface area contributed by atoms with Gasteiger partial charge in [0.25, 0.3) is 0 Å². The Balaban J connectivity index is 2.21. The van der Waals surface area contributed by atoms with Crippen LogP contribution in [0.2, 0.25) is 0 Å². The minimum Gasteiger partial charge on any atom is -0.398 e. The van der Waals surface area contributed by atoms with Crippen LogP contribution in [-0.4, -0.2) is 6.04 Å². The molecule has 2 rings (SSSR count). The van der Waals surface area contributed by atoms with Gasteiger partial charge in [-0.15, -0.1) is 0 Å². The molecule has 2 unspecified atom stereocenters. The quantitative estimate of drug-likeness (QED) is 0.642. The largest absolute Gasteiger partial charge is 0.398 e. The lowest BCUT2D eigenvalue weighted by molar-refractivity contribution is 0.676. The minimum absolute atomic E-state index is 0.379. The van der Waals surface area contributed by atoms with Crippen molar-refractivity contribution in [3.63, 3.8) is 0 Å². The van der Waals surface area contributed by atoms with Gasteiger partial charge < -0.3 is 11.5 Å². The predicted octanol–water partition coefficient (Wildman–Crippen LogP) is 1.86. The van der Waals surface area contributed by atoms with E-state index >= 15 is 0 Å². The van der Waals surface area contributed by atoms with E-state index in [1.165, 1.54) is 12.0 Å². The molecule has 0 heterocycles. The van der Waals surface area contributed by atoms with Crippen LogP contribution in [0.4, 0.5) is 5.69 Å². The van der Waals surface area contributed by atoms with Gasteiger partial charge in [-0.1, -0.05) is 18.2 Å². The fraction of sp³-hybridized carbons (Fsp3) is 0.455. The third-order valence-electron chi connectivity index (χ3n) is 2.91. The summed E-state index contributed by atoms with van der Waals surface area (Å²) >= 11 is 0. The lowest BCUT2D eigenvalue weighted by atomic mass is 9.96. The normalized spacial score (nSPS) is 27.8. The molecule has 0 spiro atoms. The zero-order chi connectivity index (χ0) is 9.26. The Bertz CT molecular complexity index is 296. The molecule has 0 aliphatic heterocycles. The molecule has 0 amide bonds. The van der Waals surface area contributed by atoms with E-state index in [4.69, 9.17) is 11.5 Å². The molecule has 2 atom stereocenters. The molecule has 1 fully saturated rings. The van der Waals surface area contributed by atoms with Gasteiger partial charge in [0, 0.05) is 11.7 Å². The molecule has 2 nitrogen and oxygen atoms in total. The van der Waals surface area contributed by atoms with E-state index in [2.05, 4.69) is 12.1 Å². The Morgan fingerprint density at radius 3 is 2.54 bits per heavy atom. The van der Waals surface area contributed by atoms with Gasteiger partial charge >= 0.3 is 0 Å². The van der Waals surface area contributed by atoms with Crippen LogP contribution in [0.15, 0.2) is 24.3 Å². The molecule has 0 aromatic heterocycles. The van der Waals surface area contributed by atoms with Gasteiger partial charge in [0.2, 0.25) is 0 Å². The van der Waals surface area contributed by atoms with Crippen LogP contribution in [0.3, 0.4) is 0 Å². The van der Waals surface area contributed by atoms with Crippen LogP contribution >= 0.6 is 0 Å². The van der Waals surface area contributed by atoms with Crippen molar-refractivity contribution >= 4 is 5.69 Å². The second-order valence-electron chi connectivity index (χ2n) is 3.90. The Kier molecular flexibility index (Phi) is 2.23. The van der Waals surface area contributed by atoms with E-state index in [1.54, 1.807) is 0 Å². The number of rotatable bonds is 1. The van der Waals surface area contributed by atoms with Gasteiger partial charge in [0.1, 0.15) is 0 Å². The average molecular weight is 176 g/mol. The molecule has 1 aromatic rings. The van der Waals surface area contributed by atoms with Gasteiger partial charge in [-0.25, -0.2) is 0 Å². The summed E-state index contributed by atoms with van der Waals surface area (Å²) in [5, 5.41) is 0. The Labute approximate surface area is 78.9 Å². The summed E-state index contributed by atoms with van der Waals surface area (Å²) in [7, 11) is 0. The predicted molar refractivity (Wildman–Crippen MR) is 55.4 cm³/mol. The van der Waals surface area contributed by atoms with Crippen LogP contribution in [0, 0.1) is 0 Å². The fourth-order valence-corrected chi connectivity index (χ4v) is 2.18. The zero-order valence-corrected chi connectivity index (χ0v) is 7.74. The minimum atomic E-state index is 0.379. The highest BCUT2D eigenvalue weighted by molar-refractivity contribution is 5.48. The van der Waals surface area contributed by atoms with Crippen LogP contribution in [0.5, 0.6) is 0 Å². The molecule has 13 heavy (non-hydrogen) atoms. The van der Waals surface area contributed by atoms with Gasteiger partial charge in [-0.05, 0) is 36.8 Å². The van der Waals surface area contributed by atoms with Gasteiger partial charge in [-0.2, -0.15) is 0 Å². The van der Waals surface area contributed by atoms with Crippen LogP contribution in [0.25, 0.3) is 0 Å². The highest BCUT2D eigenvalue weighted by Gasteiger charge is 2.24. The lowest BCUT2D eigenvalue weighted by Crippen LogP contribution is -2.14. The zero-order valence-electron chi connectivity index (χ0n) is 7.74. The van der Waals surface area contributed by atoms with E-state index in [1.807, 2.05) is 12.1 Å². The van der Waals surface area contributed by atoms with Crippen molar-refractivity contribution in [1.82, 2.24) is 0 Å². The highest BCUT2D eigenvalue weighted by Crippen LogP contribution is 2.35.